The van der Waals surface area contributed by atoms with Crippen LogP contribution in [-0.2, 0) is 4.79 Å². The lowest BCUT2D eigenvalue weighted by Crippen LogP contribution is -2.46. The Labute approximate surface area is 147 Å². The second-order valence-corrected chi connectivity index (χ2v) is 6.94. The molecular formula is C18H25FN4O2. The molecule has 1 aromatic carbocycles. The van der Waals surface area contributed by atoms with E-state index in [4.69, 9.17) is 5.73 Å². The molecule has 6 nitrogen and oxygen atoms in total. The van der Waals surface area contributed by atoms with Gasteiger partial charge in [-0.2, -0.15) is 0 Å². The number of carbonyl (C=O) groups excluding carboxylic acids is 2. The molecule has 136 valence electrons. The molecule has 1 aromatic rings. The van der Waals surface area contributed by atoms with Gasteiger partial charge >= 0.3 is 0 Å². The van der Waals surface area contributed by atoms with E-state index in [0.29, 0.717) is 25.1 Å². The van der Waals surface area contributed by atoms with E-state index in [-0.39, 0.29) is 17.7 Å². The van der Waals surface area contributed by atoms with Crippen molar-refractivity contribution in [3.8, 4) is 0 Å². The van der Waals surface area contributed by atoms with Crippen LogP contribution in [0.5, 0.6) is 0 Å². The maximum atomic E-state index is 13.8. The number of primary amides is 1. The van der Waals surface area contributed by atoms with E-state index in [9.17, 15) is 14.0 Å². The van der Waals surface area contributed by atoms with Gasteiger partial charge in [-0.15, -0.1) is 0 Å². The smallest absolute Gasteiger partial charge is 0.256 e. The molecular weight excluding hydrogens is 323 g/mol. The van der Waals surface area contributed by atoms with Crippen LogP contribution in [0.15, 0.2) is 18.2 Å². The average molecular weight is 348 g/mol. The van der Waals surface area contributed by atoms with Crippen molar-refractivity contribution in [1.29, 1.82) is 0 Å². The van der Waals surface area contributed by atoms with Crippen LogP contribution in [0.4, 0.5) is 10.1 Å². The molecule has 2 aliphatic heterocycles. The molecule has 0 aliphatic carbocycles. The van der Waals surface area contributed by atoms with Crippen molar-refractivity contribution in [3.63, 3.8) is 0 Å². The number of amides is 2. The number of anilines is 1. The standard InChI is InChI=1S/C18H25FN4O2/c1-21-7-9-22(10-8-21)16-5-4-14(19)11-15(16)18(25)23-6-2-3-13(12-23)17(20)24/h4-5,11,13H,2-3,6-10,12H2,1H3,(H2,20,24)/t13-/m1/s1. The zero-order valence-electron chi connectivity index (χ0n) is 14.6. The van der Waals surface area contributed by atoms with Crippen LogP contribution in [0, 0.1) is 11.7 Å². The van der Waals surface area contributed by atoms with Crippen molar-refractivity contribution in [3.05, 3.63) is 29.6 Å². The summed E-state index contributed by atoms with van der Waals surface area (Å²) in [7, 11) is 2.06. The predicted octanol–water partition coefficient (Wildman–Crippen LogP) is 0.915. The molecule has 0 unspecified atom stereocenters. The highest BCUT2D eigenvalue weighted by atomic mass is 19.1. The number of likely N-dealkylation sites (tertiary alicyclic amines) is 1. The molecule has 0 saturated carbocycles. The lowest BCUT2D eigenvalue weighted by Gasteiger charge is -2.36. The van der Waals surface area contributed by atoms with Crippen molar-refractivity contribution < 1.29 is 14.0 Å². The van der Waals surface area contributed by atoms with Crippen molar-refractivity contribution in [2.45, 2.75) is 12.8 Å². The van der Waals surface area contributed by atoms with Crippen LogP contribution >= 0.6 is 0 Å². The van der Waals surface area contributed by atoms with Crippen LogP contribution in [0.3, 0.4) is 0 Å². The molecule has 2 amide bonds. The van der Waals surface area contributed by atoms with E-state index >= 15 is 0 Å². The highest BCUT2D eigenvalue weighted by Gasteiger charge is 2.30. The third-order valence-corrected chi connectivity index (χ3v) is 5.14. The number of rotatable bonds is 3. The van der Waals surface area contributed by atoms with Gasteiger partial charge in [0.15, 0.2) is 0 Å². The molecule has 2 fully saturated rings. The molecule has 0 aromatic heterocycles. The number of hydrogen-bond donors (Lipinski definition) is 1. The zero-order chi connectivity index (χ0) is 18.0. The monoisotopic (exact) mass is 348 g/mol. The van der Waals surface area contributed by atoms with Gasteiger partial charge in [0.25, 0.3) is 5.91 Å². The third kappa shape index (κ3) is 3.92. The van der Waals surface area contributed by atoms with E-state index < -0.39 is 5.82 Å². The Morgan fingerprint density at radius 3 is 2.56 bits per heavy atom. The highest BCUT2D eigenvalue weighted by molar-refractivity contribution is 6.00. The second kappa shape index (κ2) is 7.39. The van der Waals surface area contributed by atoms with E-state index in [0.717, 1.165) is 38.3 Å². The Balaban J connectivity index is 1.84. The Morgan fingerprint density at radius 1 is 1.16 bits per heavy atom. The summed E-state index contributed by atoms with van der Waals surface area (Å²) in [4.78, 5) is 30.5. The summed E-state index contributed by atoms with van der Waals surface area (Å²) in [5.74, 6) is -1.35. The minimum Gasteiger partial charge on any atom is -0.369 e. The zero-order valence-corrected chi connectivity index (χ0v) is 14.6. The molecule has 3 rings (SSSR count). The Kier molecular flexibility index (Phi) is 5.22. The van der Waals surface area contributed by atoms with Crippen molar-refractivity contribution >= 4 is 17.5 Å². The number of piperazine rings is 1. The molecule has 7 heteroatoms. The fourth-order valence-corrected chi connectivity index (χ4v) is 3.57. The van der Waals surface area contributed by atoms with Gasteiger partial charge in [-0.3, -0.25) is 9.59 Å². The first-order valence-electron chi connectivity index (χ1n) is 8.77. The van der Waals surface area contributed by atoms with Crippen LogP contribution in [0.2, 0.25) is 0 Å². The summed E-state index contributed by atoms with van der Waals surface area (Å²) >= 11 is 0. The summed E-state index contributed by atoms with van der Waals surface area (Å²) in [6, 6.07) is 4.39. The number of hydrogen-bond acceptors (Lipinski definition) is 4. The Morgan fingerprint density at radius 2 is 1.88 bits per heavy atom. The maximum Gasteiger partial charge on any atom is 0.256 e. The van der Waals surface area contributed by atoms with Crippen molar-refractivity contribution in [1.82, 2.24) is 9.80 Å². The lowest BCUT2D eigenvalue weighted by atomic mass is 9.96. The van der Waals surface area contributed by atoms with Crippen LogP contribution in [0.1, 0.15) is 23.2 Å². The first-order chi connectivity index (χ1) is 12.0. The summed E-state index contributed by atoms with van der Waals surface area (Å²) in [6.07, 6.45) is 1.44. The third-order valence-electron chi connectivity index (χ3n) is 5.14. The molecule has 0 radical (unpaired) electrons. The number of nitrogens with two attached hydrogens (primary N) is 1. The molecule has 2 N–H and O–H groups in total. The van der Waals surface area contributed by atoms with Crippen molar-refractivity contribution in [2.24, 2.45) is 11.7 Å². The van der Waals surface area contributed by atoms with Gasteiger partial charge < -0.3 is 20.4 Å². The van der Waals surface area contributed by atoms with Gasteiger partial charge in [0.2, 0.25) is 5.91 Å². The van der Waals surface area contributed by atoms with Gasteiger partial charge in [0.1, 0.15) is 5.82 Å². The topological polar surface area (TPSA) is 69.9 Å². The minimum atomic E-state index is -0.426. The first-order valence-corrected chi connectivity index (χ1v) is 8.77. The fourth-order valence-electron chi connectivity index (χ4n) is 3.57. The first kappa shape index (κ1) is 17.7. The van der Waals surface area contributed by atoms with Crippen molar-refractivity contribution in [2.75, 3.05) is 51.2 Å². The molecule has 1 atom stereocenters. The number of benzene rings is 1. The summed E-state index contributed by atoms with van der Waals surface area (Å²) in [5, 5.41) is 0. The number of halogens is 1. The quantitative estimate of drug-likeness (QED) is 0.882. The van der Waals surface area contributed by atoms with Crippen LogP contribution in [-0.4, -0.2) is 67.9 Å². The minimum absolute atomic E-state index is 0.223. The van der Waals surface area contributed by atoms with Crippen LogP contribution in [0.25, 0.3) is 0 Å². The maximum absolute atomic E-state index is 13.8. The number of piperidine rings is 1. The SMILES string of the molecule is CN1CCN(c2ccc(F)cc2C(=O)N2CCC[C@@H](C(N)=O)C2)CC1. The lowest BCUT2D eigenvalue weighted by molar-refractivity contribution is -0.123. The van der Waals surface area contributed by atoms with E-state index in [1.54, 1.807) is 11.0 Å². The largest absolute Gasteiger partial charge is 0.369 e. The predicted molar refractivity (Wildman–Crippen MR) is 93.9 cm³/mol. The molecule has 2 saturated heterocycles. The number of likely N-dealkylation sites (N-methyl/N-ethyl adjacent to an activating group) is 1. The fraction of sp³-hybridized carbons (Fsp3) is 0.556. The van der Waals surface area contributed by atoms with Crippen LogP contribution < -0.4 is 10.6 Å². The van der Waals surface area contributed by atoms with E-state index in [1.165, 1.54) is 12.1 Å². The summed E-state index contributed by atoms with van der Waals surface area (Å²) in [5.41, 5.74) is 6.54. The Bertz CT molecular complexity index is 658. The molecule has 2 aliphatic rings. The van der Waals surface area contributed by atoms with Gasteiger partial charge in [0, 0.05) is 45.0 Å². The normalized spacial score (nSPS) is 22.1. The van der Waals surface area contributed by atoms with Gasteiger partial charge in [0.05, 0.1) is 11.5 Å². The van der Waals surface area contributed by atoms with E-state index in [2.05, 4.69) is 16.8 Å². The Hall–Kier alpha value is -2.15. The number of nitrogens with zero attached hydrogens (tertiary/aromatic N) is 3. The summed E-state index contributed by atoms with van der Waals surface area (Å²) < 4.78 is 13.8. The highest BCUT2D eigenvalue weighted by Crippen LogP contribution is 2.26. The average Bonchev–Trinajstić information content (AvgIpc) is 2.62. The molecule has 0 bridgehead atoms. The second-order valence-electron chi connectivity index (χ2n) is 6.94. The molecule has 25 heavy (non-hydrogen) atoms. The van der Waals surface area contributed by atoms with Gasteiger partial charge in [-0.25, -0.2) is 4.39 Å². The van der Waals surface area contributed by atoms with E-state index in [1.807, 2.05) is 0 Å². The number of carbonyl (C=O) groups is 2. The van der Waals surface area contributed by atoms with Gasteiger partial charge in [-0.05, 0) is 38.1 Å². The van der Waals surface area contributed by atoms with Gasteiger partial charge in [-0.1, -0.05) is 0 Å². The summed E-state index contributed by atoms with van der Waals surface area (Å²) in [6.45, 7) is 4.28. The molecule has 2 heterocycles. The molecule has 0 spiro atoms.